The van der Waals surface area contributed by atoms with Crippen LogP contribution in [0.25, 0.3) is 5.13 Å². The Morgan fingerprint density at radius 2 is 1.96 bits per heavy atom. The van der Waals surface area contributed by atoms with E-state index >= 15 is 0 Å². The lowest BCUT2D eigenvalue weighted by atomic mass is 9.98. The Morgan fingerprint density at radius 1 is 1.16 bits per heavy atom. The first-order valence-corrected chi connectivity index (χ1v) is 9.18. The van der Waals surface area contributed by atoms with Gasteiger partial charge in [-0.25, -0.2) is 4.98 Å². The van der Waals surface area contributed by atoms with Gasteiger partial charge in [0.15, 0.2) is 16.6 Å². The summed E-state index contributed by atoms with van der Waals surface area (Å²) in [4.78, 5) is 6.89. The molecule has 1 aliphatic rings. The van der Waals surface area contributed by atoms with E-state index in [0.29, 0.717) is 0 Å². The van der Waals surface area contributed by atoms with Gasteiger partial charge < -0.3 is 9.47 Å². The van der Waals surface area contributed by atoms with Gasteiger partial charge in [-0.3, -0.25) is 9.47 Å². The third-order valence-electron chi connectivity index (χ3n) is 4.64. The van der Waals surface area contributed by atoms with Crippen molar-refractivity contribution in [3.8, 4) is 16.6 Å². The van der Waals surface area contributed by atoms with Crippen LogP contribution in [0.1, 0.15) is 16.8 Å². The first-order chi connectivity index (χ1) is 12.3. The summed E-state index contributed by atoms with van der Waals surface area (Å²) in [6.45, 7) is 2.85. The van der Waals surface area contributed by atoms with Crippen LogP contribution in [0.3, 0.4) is 0 Å². The average molecular weight is 355 g/mol. The van der Waals surface area contributed by atoms with Crippen molar-refractivity contribution in [1.82, 2.24) is 14.5 Å². The standard InChI is InChI=1S/C19H21N3O2S/c1-23-17-10-14-5-8-21(12-15(14)11-18(17)24-2)13-16-4-3-7-22(16)19-20-6-9-25-19/h3-4,6-7,9-11H,5,8,12-13H2,1-2H3. The molecule has 4 rings (SSSR count). The maximum Gasteiger partial charge on any atom is 0.193 e. The van der Waals surface area contributed by atoms with Gasteiger partial charge in [-0.2, -0.15) is 0 Å². The highest BCUT2D eigenvalue weighted by molar-refractivity contribution is 7.12. The van der Waals surface area contributed by atoms with Crippen LogP contribution in [0.15, 0.2) is 42.0 Å². The van der Waals surface area contributed by atoms with Crippen molar-refractivity contribution in [3.63, 3.8) is 0 Å². The molecule has 0 radical (unpaired) electrons. The van der Waals surface area contributed by atoms with Gasteiger partial charge >= 0.3 is 0 Å². The molecule has 0 N–H and O–H groups in total. The zero-order valence-corrected chi connectivity index (χ0v) is 15.3. The molecule has 0 aliphatic carbocycles. The molecule has 0 saturated heterocycles. The molecule has 0 saturated carbocycles. The number of methoxy groups -OCH3 is 2. The quantitative estimate of drug-likeness (QED) is 0.702. The number of hydrogen-bond donors (Lipinski definition) is 0. The van der Waals surface area contributed by atoms with E-state index < -0.39 is 0 Å². The van der Waals surface area contributed by atoms with E-state index in [1.165, 1.54) is 16.8 Å². The van der Waals surface area contributed by atoms with Crippen LogP contribution in [-0.2, 0) is 19.5 Å². The summed E-state index contributed by atoms with van der Waals surface area (Å²) in [7, 11) is 3.37. The minimum Gasteiger partial charge on any atom is -0.493 e. The lowest BCUT2D eigenvalue weighted by Crippen LogP contribution is -2.30. The highest BCUT2D eigenvalue weighted by Gasteiger charge is 2.20. The van der Waals surface area contributed by atoms with Crippen LogP contribution in [0, 0.1) is 0 Å². The zero-order chi connectivity index (χ0) is 17.2. The Morgan fingerprint density at radius 3 is 2.68 bits per heavy atom. The molecule has 0 atom stereocenters. The van der Waals surface area contributed by atoms with Gasteiger partial charge in [0.2, 0.25) is 0 Å². The normalized spacial score (nSPS) is 14.3. The van der Waals surface area contributed by atoms with Gasteiger partial charge in [0, 0.05) is 43.1 Å². The molecule has 0 spiro atoms. The minimum atomic E-state index is 0.800. The highest BCUT2D eigenvalue weighted by Crippen LogP contribution is 2.33. The molecule has 5 nitrogen and oxygen atoms in total. The van der Waals surface area contributed by atoms with Crippen LogP contribution in [0.5, 0.6) is 11.5 Å². The summed E-state index contributed by atoms with van der Waals surface area (Å²) in [5, 5.41) is 3.03. The van der Waals surface area contributed by atoms with E-state index in [-0.39, 0.29) is 0 Å². The van der Waals surface area contributed by atoms with E-state index in [0.717, 1.165) is 42.7 Å². The van der Waals surface area contributed by atoms with E-state index in [2.05, 4.69) is 44.9 Å². The summed E-state index contributed by atoms with van der Waals surface area (Å²) < 4.78 is 13.1. The van der Waals surface area contributed by atoms with E-state index in [4.69, 9.17) is 9.47 Å². The fraction of sp³-hybridized carbons (Fsp3) is 0.316. The smallest absolute Gasteiger partial charge is 0.193 e. The predicted molar refractivity (Wildman–Crippen MR) is 98.8 cm³/mol. The summed E-state index contributed by atoms with van der Waals surface area (Å²) >= 11 is 1.66. The number of aromatic nitrogens is 2. The van der Waals surface area contributed by atoms with Gasteiger partial charge in [-0.05, 0) is 41.8 Å². The van der Waals surface area contributed by atoms with Crippen LogP contribution >= 0.6 is 11.3 Å². The molecule has 0 unspecified atom stereocenters. The summed E-state index contributed by atoms with van der Waals surface area (Å²) in [6, 6.07) is 8.48. The van der Waals surface area contributed by atoms with E-state index in [9.17, 15) is 0 Å². The van der Waals surface area contributed by atoms with Crippen molar-refractivity contribution >= 4 is 11.3 Å². The molecule has 3 heterocycles. The summed E-state index contributed by atoms with van der Waals surface area (Å²) in [5.74, 6) is 1.61. The maximum atomic E-state index is 5.46. The minimum absolute atomic E-state index is 0.800. The fourth-order valence-corrected chi connectivity index (χ4v) is 4.03. The molecule has 3 aromatic rings. The second-order valence-corrected chi connectivity index (χ2v) is 6.99. The fourth-order valence-electron chi connectivity index (χ4n) is 3.37. The van der Waals surface area contributed by atoms with E-state index in [1.54, 1.807) is 25.6 Å². The second-order valence-electron chi connectivity index (χ2n) is 6.12. The van der Waals surface area contributed by atoms with Crippen molar-refractivity contribution in [2.24, 2.45) is 0 Å². The Balaban J connectivity index is 1.55. The van der Waals surface area contributed by atoms with Crippen molar-refractivity contribution in [2.45, 2.75) is 19.5 Å². The third kappa shape index (κ3) is 3.15. The number of rotatable bonds is 5. The van der Waals surface area contributed by atoms with Gasteiger partial charge in [0.1, 0.15) is 0 Å². The van der Waals surface area contributed by atoms with Gasteiger partial charge in [-0.15, -0.1) is 11.3 Å². The maximum absolute atomic E-state index is 5.46. The van der Waals surface area contributed by atoms with Crippen LogP contribution in [-0.4, -0.2) is 35.2 Å². The molecule has 6 heteroatoms. The molecule has 0 amide bonds. The lowest BCUT2D eigenvalue weighted by Gasteiger charge is -2.29. The van der Waals surface area contributed by atoms with Crippen LogP contribution < -0.4 is 9.47 Å². The number of hydrogen-bond acceptors (Lipinski definition) is 5. The van der Waals surface area contributed by atoms with Gasteiger partial charge in [0.05, 0.1) is 14.2 Å². The molecule has 1 aromatic carbocycles. The number of benzene rings is 1. The van der Waals surface area contributed by atoms with Gasteiger partial charge in [-0.1, -0.05) is 0 Å². The predicted octanol–water partition coefficient (Wildman–Crippen LogP) is 3.51. The average Bonchev–Trinajstić information content (AvgIpc) is 3.31. The number of thiazole rings is 1. The molecule has 1 aliphatic heterocycles. The number of fused-ring (bicyclic) bond motifs is 1. The summed E-state index contributed by atoms with van der Waals surface area (Å²) in [5.41, 5.74) is 3.93. The monoisotopic (exact) mass is 355 g/mol. The molecule has 0 bridgehead atoms. The topological polar surface area (TPSA) is 39.5 Å². The zero-order valence-electron chi connectivity index (χ0n) is 14.4. The molecule has 130 valence electrons. The number of nitrogens with zero attached hydrogens (tertiary/aromatic N) is 3. The first-order valence-electron chi connectivity index (χ1n) is 8.30. The molecule has 2 aromatic heterocycles. The van der Waals surface area contributed by atoms with Crippen molar-refractivity contribution in [2.75, 3.05) is 20.8 Å². The van der Waals surface area contributed by atoms with Crippen LogP contribution in [0.2, 0.25) is 0 Å². The molecular formula is C19H21N3O2S. The SMILES string of the molecule is COc1cc2c(cc1OC)CN(Cc1cccn1-c1nccs1)CC2. The highest BCUT2D eigenvalue weighted by atomic mass is 32.1. The van der Waals surface area contributed by atoms with Crippen molar-refractivity contribution in [3.05, 3.63) is 58.9 Å². The Bertz CT molecular complexity index is 858. The molecule has 25 heavy (non-hydrogen) atoms. The van der Waals surface area contributed by atoms with E-state index in [1.807, 2.05) is 11.6 Å². The lowest BCUT2D eigenvalue weighted by molar-refractivity contribution is 0.240. The first kappa shape index (κ1) is 16.2. The second kappa shape index (κ2) is 6.90. The molecule has 0 fully saturated rings. The Kier molecular flexibility index (Phi) is 4.46. The number of ether oxygens (including phenoxy) is 2. The summed E-state index contributed by atoms with van der Waals surface area (Å²) in [6.07, 6.45) is 4.95. The van der Waals surface area contributed by atoms with Crippen LogP contribution in [0.4, 0.5) is 0 Å². The molecular weight excluding hydrogens is 334 g/mol. The van der Waals surface area contributed by atoms with Gasteiger partial charge in [0.25, 0.3) is 0 Å². The Hall–Kier alpha value is -2.31. The third-order valence-corrected chi connectivity index (χ3v) is 5.41. The Labute approximate surface area is 151 Å². The van der Waals surface area contributed by atoms with Crippen molar-refractivity contribution < 1.29 is 9.47 Å². The van der Waals surface area contributed by atoms with Crippen molar-refractivity contribution in [1.29, 1.82) is 0 Å². The largest absolute Gasteiger partial charge is 0.493 e.